The Balaban J connectivity index is 1.91. The zero-order valence-electron chi connectivity index (χ0n) is 15.9. The predicted octanol–water partition coefficient (Wildman–Crippen LogP) is 1.42. The molecular weight excluding hydrogens is 348 g/mol. The van der Waals surface area contributed by atoms with Crippen molar-refractivity contribution in [2.24, 2.45) is 11.7 Å². The van der Waals surface area contributed by atoms with Crippen LogP contribution in [-0.4, -0.2) is 47.6 Å². The molecule has 3 rings (SSSR count). The molecule has 1 aromatic carbocycles. The molecule has 146 valence electrons. The first-order chi connectivity index (χ1) is 13.0. The standard InChI is InChI=1S/C19H26N4O4/c1-4-23(19(25)11-6-5-7-13(11)20)10-17-21-14-9-16(27-3)15(26-2)8-12(14)18(24)22-17/h8-9,11,13H,4-7,10,20H2,1-3H3,(H,21,22,24). The van der Waals surface area contributed by atoms with Gasteiger partial charge in [-0.2, -0.15) is 0 Å². The zero-order valence-corrected chi connectivity index (χ0v) is 15.9. The van der Waals surface area contributed by atoms with Gasteiger partial charge in [0.05, 0.1) is 37.6 Å². The average molecular weight is 374 g/mol. The molecule has 0 bridgehead atoms. The number of aromatic amines is 1. The van der Waals surface area contributed by atoms with Gasteiger partial charge in [0, 0.05) is 18.7 Å². The van der Waals surface area contributed by atoms with Crippen molar-refractivity contribution in [3.8, 4) is 11.5 Å². The van der Waals surface area contributed by atoms with Crippen molar-refractivity contribution in [2.45, 2.75) is 38.8 Å². The highest BCUT2D eigenvalue weighted by molar-refractivity contribution is 5.82. The Kier molecular flexibility index (Phi) is 5.65. The molecule has 27 heavy (non-hydrogen) atoms. The lowest BCUT2D eigenvalue weighted by atomic mass is 10.0. The molecule has 1 fully saturated rings. The summed E-state index contributed by atoms with van der Waals surface area (Å²) in [6.07, 6.45) is 2.66. The smallest absolute Gasteiger partial charge is 0.258 e. The van der Waals surface area contributed by atoms with Gasteiger partial charge in [-0.15, -0.1) is 0 Å². The fourth-order valence-electron chi connectivity index (χ4n) is 3.65. The van der Waals surface area contributed by atoms with Gasteiger partial charge in [0.25, 0.3) is 5.56 Å². The summed E-state index contributed by atoms with van der Waals surface area (Å²) in [4.78, 5) is 34.3. The van der Waals surface area contributed by atoms with Crippen molar-refractivity contribution in [2.75, 3.05) is 20.8 Å². The fraction of sp³-hybridized carbons (Fsp3) is 0.526. The maximum Gasteiger partial charge on any atom is 0.258 e. The molecule has 1 aromatic heterocycles. The van der Waals surface area contributed by atoms with Crippen LogP contribution in [0, 0.1) is 5.92 Å². The molecule has 3 N–H and O–H groups in total. The minimum atomic E-state index is -0.281. The first-order valence-corrected chi connectivity index (χ1v) is 9.17. The van der Waals surface area contributed by atoms with E-state index in [9.17, 15) is 9.59 Å². The van der Waals surface area contributed by atoms with Crippen LogP contribution in [0.15, 0.2) is 16.9 Å². The Morgan fingerprint density at radius 1 is 1.30 bits per heavy atom. The summed E-state index contributed by atoms with van der Waals surface area (Å²) in [5.41, 5.74) is 6.29. The molecule has 1 aliphatic rings. The summed E-state index contributed by atoms with van der Waals surface area (Å²) in [5, 5.41) is 0.406. The third-order valence-corrected chi connectivity index (χ3v) is 5.18. The van der Waals surface area contributed by atoms with Crippen LogP contribution in [0.2, 0.25) is 0 Å². The number of nitrogens with two attached hydrogens (primary N) is 1. The number of nitrogens with one attached hydrogen (secondary N) is 1. The first kappa shape index (κ1) is 19.2. The molecule has 0 saturated heterocycles. The minimum absolute atomic E-state index is 0.0255. The van der Waals surface area contributed by atoms with E-state index in [1.165, 1.54) is 14.2 Å². The topological polar surface area (TPSA) is 111 Å². The molecular formula is C19H26N4O4. The summed E-state index contributed by atoms with van der Waals surface area (Å²) < 4.78 is 10.5. The molecule has 8 heteroatoms. The number of ether oxygens (including phenoxy) is 2. The van der Waals surface area contributed by atoms with E-state index < -0.39 is 0 Å². The summed E-state index contributed by atoms with van der Waals surface area (Å²) in [6.45, 7) is 2.67. The summed E-state index contributed by atoms with van der Waals surface area (Å²) >= 11 is 0. The molecule has 0 spiro atoms. The van der Waals surface area contributed by atoms with Crippen LogP contribution in [0.25, 0.3) is 10.9 Å². The monoisotopic (exact) mass is 374 g/mol. The largest absolute Gasteiger partial charge is 0.493 e. The van der Waals surface area contributed by atoms with Crippen LogP contribution in [0.5, 0.6) is 11.5 Å². The number of amides is 1. The van der Waals surface area contributed by atoms with Crippen molar-refractivity contribution >= 4 is 16.8 Å². The molecule has 2 unspecified atom stereocenters. The average Bonchev–Trinajstić information content (AvgIpc) is 3.10. The van der Waals surface area contributed by atoms with Gasteiger partial charge in [-0.05, 0) is 25.8 Å². The quantitative estimate of drug-likeness (QED) is 0.791. The normalized spacial score (nSPS) is 19.3. The second kappa shape index (κ2) is 7.96. The second-order valence-electron chi connectivity index (χ2n) is 6.79. The minimum Gasteiger partial charge on any atom is -0.493 e. The number of nitrogens with zero attached hydrogens (tertiary/aromatic N) is 2. The molecule has 2 aromatic rings. The molecule has 1 saturated carbocycles. The van der Waals surface area contributed by atoms with Crippen LogP contribution in [0.3, 0.4) is 0 Å². The van der Waals surface area contributed by atoms with E-state index in [0.29, 0.717) is 34.8 Å². The maximum absolute atomic E-state index is 12.8. The number of aromatic nitrogens is 2. The van der Waals surface area contributed by atoms with Crippen molar-refractivity contribution < 1.29 is 14.3 Å². The van der Waals surface area contributed by atoms with Gasteiger partial charge in [-0.3, -0.25) is 9.59 Å². The number of fused-ring (bicyclic) bond motifs is 1. The van der Waals surface area contributed by atoms with Crippen LogP contribution in [0.1, 0.15) is 32.0 Å². The lowest BCUT2D eigenvalue weighted by molar-refractivity contribution is -0.136. The first-order valence-electron chi connectivity index (χ1n) is 9.17. The van der Waals surface area contributed by atoms with Gasteiger partial charge in [-0.1, -0.05) is 6.42 Å². The highest BCUT2D eigenvalue weighted by atomic mass is 16.5. The van der Waals surface area contributed by atoms with E-state index in [4.69, 9.17) is 15.2 Å². The molecule has 1 heterocycles. The van der Waals surface area contributed by atoms with Gasteiger partial charge >= 0.3 is 0 Å². The highest BCUT2D eigenvalue weighted by Gasteiger charge is 2.33. The SMILES string of the molecule is CCN(Cc1nc2cc(OC)c(OC)cc2c(=O)[nH]1)C(=O)C1CCCC1N. The Morgan fingerprint density at radius 3 is 2.59 bits per heavy atom. The summed E-state index contributed by atoms with van der Waals surface area (Å²) in [6, 6.07) is 3.17. The van der Waals surface area contributed by atoms with Crippen LogP contribution in [-0.2, 0) is 11.3 Å². The predicted molar refractivity (Wildman–Crippen MR) is 102 cm³/mol. The van der Waals surface area contributed by atoms with Gasteiger partial charge in [0.1, 0.15) is 5.82 Å². The third-order valence-electron chi connectivity index (χ3n) is 5.18. The maximum atomic E-state index is 12.8. The summed E-state index contributed by atoms with van der Waals surface area (Å²) in [7, 11) is 3.04. The van der Waals surface area contributed by atoms with Gasteiger partial charge in [-0.25, -0.2) is 4.98 Å². The molecule has 8 nitrogen and oxygen atoms in total. The van der Waals surface area contributed by atoms with Crippen LogP contribution >= 0.6 is 0 Å². The number of hydrogen-bond donors (Lipinski definition) is 2. The van der Waals surface area contributed by atoms with E-state index in [1.807, 2.05) is 6.92 Å². The molecule has 0 radical (unpaired) electrons. The number of carbonyl (C=O) groups excluding carboxylic acids is 1. The van der Waals surface area contributed by atoms with Crippen LogP contribution < -0.4 is 20.8 Å². The molecule has 2 atom stereocenters. The number of hydrogen-bond acceptors (Lipinski definition) is 6. The number of rotatable bonds is 6. The molecule has 1 aliphatic carbocycles. The van der Waals surface area contributed by atoms with Crippen molar-refractivity contribution in [1.29, 1.82) is 0 Å². The van der Waals surface area contributed by atoms with Gasteiger partial charge in [0.15, 0.2) is 11.5 Å². The molecule has 1 amide bonds. The van der Waals surface area contributed by atoms with E-state index in [0.717, 1.165) is 19.3 Å². The highest BCUT2D eigenvalue weighted by Crippen LogP contribution is 2.30. The second-order valence-corrected chi connectivity index (χ2v) is 6.79. The van der Waals surface area contributed by atoms with Crippen LogP contribution in [0.4, 0.5) is 0 Å². The Labute approximate surface area is 157 Å². The number of methoxy groups -OCH3 is 2. The number of H-pyrrole nitrogens is 1. The Morgan fingerprint density at radius 2 is 2.00 bits per heavy atom. The summed E-state index contributed by atoms with van der Waals surface area (Å²) in [5.74, 6) is 1.26. The van der Waals surface area contributed by atoms with Gasteiger partial charge < -0.3 is 25.1 Å². The fourth-order valence-corrected chi connectivity index (χ4v) is 3.65. The van der Waals surface area contributed by atoms with Crippen molar-refractivity contribution in [1.82, 2.24) is 14.9 Å². The van der Waals surface area contributed by atoms with E-state index in [2.05, 4.69) is 9.97 Å². The lowest BCUT2D eigenvalue weighted by Crippen LogP contribution is -2.41. The number of carbonyl (C=O) groups is 1. The Bertz CT molecular complexity index is 895. The van der Waals surface area contributed by atoms with E-state index in [-0.39, 0.29) is 30.0 Å². The van der Waals surface area contributed by atoms with Crippen molar-refractivity contribution in [3.63, 3.8) is 0 Å². The lowest BCUT2D eigenvalue weighted by Gasteiger charge is -2.25. The molecule has 0 aliphatic heterocycles. The third kappa shape index (κ3) is 3.75. The Hall–Kier alpha value is -2.61. The number of benzene rings is 1. The zero-order chi connectivity index (χ0) is 19.6. The van der Waals surface area contributed by atoms with E-state index >= 15 is 0 Å². The van der Waals surface area contributed by atoms with Crippen molar-refractivity contribution in [3.05, 3.63) is 28.3 Å². The van der Waals surface area contributed by atoms with E-state index in [1.54, 1.807) is 17.0 Å². The van der Waals surface area contributed by atoms with Gasteiger partial charge in [0.2, 0.25) is 5.91 Å².